The Morgan fingerprint density at radius 2 is 2.14 bits per heavy atom. The predicted octanol–water partition coefficient (Wildman–Crippen LogP) is 1.30. The van der Waals surface area contributed by atoms with E-state index in [1.807, 2.05) is 0 Å². The van der Waals surface area contributed by atoms with E-state index < -0.39 is 0 Å². The Morgan fingerprint density at radius 3 is 2.71 bits per heavy atom. The molecule has 0 bridgehead atoms. The Kier molecular flexibility index (Phi) is 2.98. The second-order valence-electron chi connectivity index (χ2n) is 3.38. The Labute approximate surface area is 91.7 Å². The van der Waals surface area contributed by atoms with Crippen LogP contribution in [0.15, 0.2) is 10.8 Å². The van der Waals surface area contributed by atoms with E-state index in [9.17, 15) is 0 Å². The van der Waals surface area contributed by atoms with Crippen LogP contribution in [0.4, 0.5) is 5.95 Å². The largest absolute Gasteiger partial charge is 0.341 e. The average molecular weight is 257 g/mol. The highest BCUT2D eigenvalue weighted by molar-refractivity contribution is 9.10. The Hall–Kier alpha value is -0.680. The summed E-state index contributed by atoms with van der Waals surface area (Å²) in [5.41, 5.74) is 6.48. The fourth-order valence-corrected chi connectivity index (χ4v) is 2.01. The van der Waals surface area contributed by atoms with Crippen molar-refractivity contribution < 1.29 is 0 Å². The summed E-state index contributed by atoms with van der Waals surface area (Å²) in [5.74, 6) is 0.812. The summed E-state index contributed by atoms with van der Waals surface area (Å²) < 4.78 is 0.817. The lowest BCUT2D eigenvalue weighted by molar-refractivity contribution is 0.876. The standard InChI is InChI=1S/C9H13BrN4/c10-8-7(5-11)6-12-9(13-8)14-3-1-2-4-14/h6H,1-5,11H2. The van der Waals surface area contributed by atoms with Crippen LogP contribution in [-0.2, 0) is 6.54 Å². The van der Waals surface area contributed by atoms with E-state index in [1.54, 1.807) is 6.20 Å². The molecule has 1 saturated heterocycles. The van der Waals surface area contributed by atoms with Gasteiger partial charge in [-0.15, -0.1) is 0 Å². The van der Waals surface area contributed by atoms with Crippen LogP contribution in [0.3, 0.4) is 0 Å². The molecule has 0 aliphatic carbocycles. The first-order chi connectivity index (χ1) is 6.81. The Bertz CT molecular complexity index is 323. The van der Waals surface area contributed by atoms with Gasteiger partial charge in [-0.25, -0.2) is 9.97 Å². The number of hydrogen-bond donors (Lipinski definition) is 1. The topological polar surface area (TPSA) is 55.0 Å². The number of aromatic nitrogens is 2. The average Bonchev–Trinajstić information content (AvgIpc) is 2.70. The van der Waals surface area contributed by atoms with Gasteiger partial charge in [-0.3, -0.25) is 0 Å². The van der Waals surface area contributed by atoms with Crippen molar-refractivity contribution in [3.63, 3.8) is 0 Å². The molecule has 0 unspecified atom stereocenters. The zero-order valence-electron chi connectivity index (χ0n) is 7.91. The van der Waals surface area contributed by atoms with Crippen LogP contribution in [0.2, 0.25) is 0 Å². The van der Waals surface area contributed by atoms with Gasteiger partial charge < -0.3 is 10.6 Å². The van der Waals surface area contributed by atoms with Crippen molar-refractivity contribution in [2.75, 3.05) is 18.0 Å². The first-order valence-corrected chi connectivity index (χ1v) is 5.57. The van der Waals surface area contributed by atoms with Crippen molar-refractivity contribution in [2.24, 2.45) is 5.73 Å². The first-order valence-electron chi connectivity index (χ1n) is 4.77. The van der Waals surface area contributed by atoms with Crippen LogP contribution in [0.5, 0.6) is 0 Å². The third-order valence-electron chi connectivity index (χ3n) is 2.41. The van der Waals surface area contributed by atoms with Crippen molar-refractivity contribution in [3.05, 3.63) is 16.4 Å². The second-order valence-corrected chi connectivity index (χ2v) is 4.14. The van der Waals surface area contributed by atoms with E-state index in [2.05, 4.69) is 30.8 Å². The minimum absolute atomic E-state index is 0.473. The highest BCUT2D eigenvalue weighted by atomic mass is 79.9. The molecule has 5 heteroatoms. The summed E-state index contributed by atoms with van der Waals surface area (Å²) >= 11 is 3.40. The predicted molar refractivity (Wildman–Crippen MR) is 59.1 cm³/mol. The lowest BCUT2D eigenvalue weighted by atomic mass is 10.3. The molecular formula is C9H13BrN4. The summed E-state index contributed by atoms with van der Waals surface area (Å²) in [4.78, 5) is 10.9. The van der Waals surface area contributed by atoms with Gasteiger partial charge in [-0.05, 0) is 28.8 Å². The molecule has 0 saturated carbocycles. The van der Waals surface area contributed by atoms with E-state index in [1.165, 1.54) is 12.8 Å². The minimum Gasteiger partial charge on any atom is -0.341 e. The van der Waals surface area contributed by atoms with Gasteiger partial charge in [0.2, 0.25) is 5.95 Å². The maximum Gasteiger partial charge on any atom is 0.226 e. The van der Waals surface area contributed by atoms with Crippen LogP contribution in [0.25, 0.3) is 0 Å². The van der Waals surface area contributed by atoms with Crippen LogP contribution >= 0.6 is 15.9 Å². The van der Waals surface area contributed by atoms with E-state index in [4.69, 9.17) is 5.73 Å². The lowest BCUT2D eigenvalue weighted by Crippen LogP contribution is -2.20. The molecule has 0 atom stereocenters. The van der Waals surface area contributed by atoms with Gasteiger partial charge in [0.1, 0.15) is 4.60 Å². The molecule has 0 radical (unpaired) electrons. The molecule has 1 aromatic rings. The third-order valence-corrected chi connectivity index (χ3v) is 3.09. The maximum atomic E-state index is 5.53. The number of nitrogens with two attached hydrogens (primary N) is 1. The van der Waals surface area contributed by atoms with Gasteiger partial charge in [0, 0.05) is 31.4 Å². The van der Waals surface area contributed by atoms with E-state index >= 15 is 0 Å². The van der Waals surface area contributed by atoms with Gasteiger partial charge in [0.25, 0.3) is 0 Å². The zero-order valence-corrected chi connectivity index (χ0v) is 9.50. The molecule has 1 aliphatic heterocycles. The molecule has 2 N–H and O–H groups in total. The SMILES string of the molecule is NCc1cnc(N2CCCC2)nc1Br. The molecule has 4 nitrogen and oxygen atoms in total. The highest BCUT2D eigenvalue weighted by Crippen LogP contribution is 2.19. The quantitative estimate of drug-likeness (QED) is 0.811. The van der Waals surface area contributed by atoms with Crippen molar-refractivity contribution in [1.29, 1.82) is 0 Å². The van der Waals surface area contributed by atoms with Crippen molar-refractivity contribution in [1.82, 2.24) is 9.97 Å². The number of nitrogens with zero attached hydrogens (tertiary/aromatic N) is 3. The highest BCUT2D eigenvalue weighted by Gasteiger charge is 2.15. The lowest BCUT2D eigenvalue weighted by Gasteiger charge is -2.15. The Balaban J connectivity index is 2.23. The van der Waals surface area contributed by atoms with E-state index in [0.29, 0.717) is 6.54 Å². The van der Waals surface area contributed by atoms with E-state index in [0.717, 1.165) is 29.2 Å². The van der Waals surface area contributed by atoms with E-state index in [-0.39, 0.29) is 0 Å². The monoisotopic (exact) mass is 256 g/mol. The molecular weight excluding hydrogens is 244 g/mol. The summed E-state index contributed by atoms with van der Waals surface area (Å²) in [6, 6.07) is 0. The molecule has 1 fully saturated rings. The second kappa shape index (κ2) is 4.23. The summed E-state index contributed by atoms with van der Waals surface area (Å²) in [6.45, 7) is 2.60. The van der Waals surface area contributed by atoms with Crippen LogP contribution in [0, 0.1) is 0 Å². The number of halogens is 1. The molecule has 0 amide bonds. The summed E-state index contributed by atoms with van der Waals surface area (Å²) in [5, 5.41) is 0. The van der Waals surface area contributed by atoms with Crippen molar-refractivity contribution in [2.45, 2.75) is 19.4 Å². The number of anilines is 1. The molecule has 76 valence electrons. The number of rotatable bonds is 2. The van der Waals surface area contributed by atoms with Crippen LogP contribution < -0.4 is 10.6 Å². The van der Waals surface area contributed by atoms with Gasteiger partial charge in [-0.2, -0.15) is 0 Å². The molecule has 0 spiro atoms. The Morgan fingerprint density at radius 1 is 1.43 bits per heavy atom. The number of hydrogen-bond acceptors (Lipinski definition) is 4. The first kappa shape index (κ1) is 9.86. The molecule has 14 heavy (non-hydrogen) atoms. The summed E-state index contributed by atoms with van der Waals surface area (Å²) in [7, 11) is 0. The maximum absolute atomic E-state index is 5.53. The zero-order chi connectivity index (χ0) is 9.97. The van der Waals surface area contributed by atoms with Crippen molar-refractivity contribution >= 4 is 21.9 Å². The van der Waals surface area contributed by atoms with Crippen LogP contribution in [-0.4, -0.2) is 23.1 Å². The molecule has 2 rings (SSSR count). The normalized spacial score (nSPS) is 16.3. The third kappa shape index (κ3) is 1.88. The molecule has 1 aromatic heterocycles. The van der Waals surface area contributed by atoms with Gasteiger partial charge in [0.15, 0.2) is 0 Å². The molecule has 1 aliphatic rings. The fraction of sp³-hybridized carbons (Fsp3) is 0.556. The van der Waals surface area contributed by atoms with Gasteiger partial charge >= 0.3 is 0 Å². The van der Waals surface area contributed by atoms with Gasteiger partial charge in [-0.1, -0.05) is 0 Å². The summed E-state index contributed by atoms with van der Waals surface area (Å²) in [6.07, 6.45) is 4.27. The molecule has 0 aromatic carbocycles. The van der Waals surface area contributed by atoms with Crippen molar-refractivity contribution in [3.8, 4) is 0 Å². The van der Waals surface area contributed by atoms with Crippen LogP contribution in [0.1, 0.15) is 18.4 Å². The van der Waals surface area contributed by atoms with Gasteiger partial charge in [0.05, 0.1) is 0 Å². The molecule has 2 heterocycles. The smallest absolute Gasteiger partial charge is 0.226 e. The minimum atomic E-state index is 0.473. The fourth-order valence-electron chi connectivity index (χ4n) is 1.58.